The third-order valence-electron chi connectivity index (χ3n) is 3.45. The van der Waals surface area contributed by atoms with Crippen molar-refractivity contribution >= 4 is 105 Å². The lowest BCUT2D eigenvalue weighted by Crippen LogP contribution is -2.27. The molecule has 0 radical (unpaired) electrons. The van der Waals surface area contributed by atoms with Gasteiger partial charge in [-0.05, 0) is 22.0 Å². The lowest BCUT2D eigenvalue weighted by molar-refractivity contribution is -0.109. The van der Waals surface area contributed by atoms with Crippen LogP contribution < -0.4 is 20.1 Å². The summed E-state index contributed by atoms with van der Waals surface area (Å²) in [4.78, 5) is 45.6. The first-order valence-electron chi connectivity index (χ1n) is 9.20. The van der Waals surface area contributed by atoms with Crippen molar-refractivity contribution in [1.82, 2.24) is 20.1 Å². The highest BCUT2D eigenvalue weighted by Gasteiger charge is 2.26. The highest BCUT2D eigenvalue weighted by atomic mass is 33.1. The molecule has 0 saturated heterocycles. The van der Waals surface area contributed by atoms with Gasteiger partial charge in [-0.2, -0.15) is 25.3 Å². The molecular weight excluding hydrogens is 569 g/mol. The molecule has 2 atom stereocenters. The maximum Gasteiger partial charge on any atom is 0.265 e. The van der Waals surface area contributed by atoms with Crippen LogP contribution in [0.1, 0.15) is 19.3 Å². The van der Waals surface area contributed by atoms with Gasteiger partial charge in [0.2, 0.25) is 0 Å². The second-order valence-electron chi connectivity index (χ2n) is 5.87. The van der Waals surface area contributed by atoms with Gasteiger partial charge in [0.05, 0.1) is 12.1 Å². The molecule has 186 valence electrons. The van der Waals surface area contributed by atoms with Crippen molar-refractivity contribution in [3.05, 3.63) is 9.75 Å². The lowest BCUT2D eigenvalue weighted by Gasteiger charge is -2.08. The normalized spacial score (nSPS) is 12.7. The standard InChI is InChI=1S/C16H24N4O6S7/c21-5-9(7-27)19-32-29-3-1-17-15(25)13-11(23)12(24)14(31-13)16(26)18-2-4-30-33-20-10(6-22)8-28/h5-6,9-10,19-20,23-24,27-28H,1-4,7-8H2,(H,17,25)(H,18,26)/t9-,10-/m1/s1. The zero-order chi connectivity index (χ0) is 24.6. The zero-order valence-electron chi connectivity index (χ0n) is 17.0. The summed E-state index contributed by atoms with van der Waals surface area (Å²) in [5.41, 5.74) is 0. The summed E-state index contributed by atoms with van der Waals surface area (Å²) < 4.78 is 5.79. The van der Waals surface area contributed by atoms with Crippen LogP contribution in [0.25, 0.3) is 0 Å². The van der Waals surface area contributed by atoms with Crippen molar-refractivity contribution in [3.8, 4) is 11.5 Å². The Bertz CT molecular complexity index is 724. The molecule has 1 aromatic rings. The quantitative estimate of drug-likeness (QED) is 0.0408. The second-order valence-corrected chi connectivity index (χ2v) is 12.1. The number of nitrogens with one attached hydrogen (secondary N) is 4. The van der Waals surface area contributed by atoms with Gasteiger partial charge in [0, 0.05) is 36.1 Å². The number of thiol groups is 2. The molecule has 0 bridgehead atoms. The molecule has 1 aromatic heterocycles. The molecule has 0 aromatic carbocycles. The molecular formula is C16H24N4O6S7. The second kappa shape index (κ2) is 18.0. The summed E-state index contributed by atoms with van der Waals surface area (Å²) >= 11 is 8.74. The number of rotatable bonds is 18. The molecule has 17 heteroatoms. The molecule has 0 unspecified atom stereocenters. The first-order valence-corrected chi connectivity index (χ1v) is 15.9. The Hall–Kier alpha value is -0.400. The average Bonchev–Trinajstić information content (AvgIpc) is 3.12. The van der Waals surface area contributed by atoms with E-state index >= 15 is 0 Å². The van der Waals surface area contributed by atoms with Gasteiger partial charge in [-0.25, -0.2) is 9.44 Å². The Morgan fingerprint density at radius 1 is 0.848 bits per heavy atom. The van der Waals surface area contributed by atoms with Crippen LogP contribution in [-0.4, -0.2) is 82.8 Å². The van der Waals surface area contributed by atoms with Crippen molar-refractivity contribution in [2.45, 2.75) is 12.1 Å². The predicted molar refractivity (Wildman–Crippen MR) is 146 cm³/mol. The van der Waals surface area contributed by atoms with E-state index in [0.29, 0.717) is 34.3 Å². The minimum atomic E-state index is -0.644. The maximum absolute atomic E-state index is 12.3. The number of amides is 2. The molecule has 0 fully saturated rings. The van der Waals surface area contributed by atoms with Crippen molar-refractivity contribution in [3.63, 3.8) is 0 Å². The van der Waals surface area contributed by atoms with E-state index in [1.165, 1.54) is 43.5 Å². The van der Waals surface area contributed by atoms with Crippen molar-refractivity contribution < 1.29 is 29.4 Å². The Labute approximate surface area is 222 Å². The van der Waals surface area contributed by atoms with E-state index in [4.69, 9.17) is 0 Å². The molecule has 0 aliphatic carbocycles. The van der Waals surface area contributed by atoms with E-state index in [-0.39, 0.29) is 34.9 Å². The van der Waals surface area contributed by atoms with Crippen LogP contribution in [0.2, 0.25) is 0 Å². The summed E-state index contributed by atoms with van der Waals surface area (Å²) in [6.07, 6.45) is 1.51. The van der Waals surface area contributed by atoms with Gasteiger partial charge in [-0.1, -0.05) is 21.6 Å². The molecule has 1 heterocycles. The van der Waals surface area contributed by atoms with E-state index in [2.05, 4.69) is 45.3 Å². The van der Waals surface area contributed by atoms with Crippen LogP contribution in [0.3, 0.4) is 0 Å². The topological polar surface area (TPSA) is 157 Å². The summed E-state index contributed by atoms with van der Waals surface area (Å²) in [7, 11) is 5.28. The fraction of sp³-hybridized carbons (Fsp3) is 0.500. The van der Waals surface area contributed by atoms with Crippen molar-refractivity contribution in [1.29, 1.82) is 0 Å². The first kappa shape index (κ1) is 30.6. The average molecular weight is 593 g/mol. The minimum absolute atomic E-state index is 0.162. The molecule has 0 spiro atoms. The predicted octanol–water partition coefficient (Wildman–Crippen LogP) is 1.39. The highest BCUT2D eigenvalue weighted by Crippen LogP contribution is 2.40. The van der Waals surface area contributed by atoms with Crippen LogP contribution in [-0.2, 0) is 9.59 Å². The van der Waals surface area contributed by atoms with Gasteiger partial charge < -0.3 is 30.4 Å². The van der Waals surface area contributed by atoms with Crippen molar-refractivity contribution in [2.75, 3.05) is 36.1 Å². The zero-order valence-corrected chi connectivity index (χ0v) is 22.9. The lowest BCUT2D eigenvalue weighted by atomic mass is 10.3. The Morgan fingerprint density at radius 3 is 1.58 bits per heavy atom. The van der Waals surface area contributed by atoms with E-state index in [1.54, 1.807) is 0 Å². The van der Waals surface area contributed by atoms with E-state index in [1.807, 2.05) is 0 Å². The number of aldehydes is 2. The largest absolute Gasteiger partial charge is 0.503 e. The number of carbonyl (C=O) groups is 4. The van der Waals surface area contributed by atoms with Gasteiger partial charge in [-0.15, -0.1) is 11.3 Å². The molecule has 6 N–H and O–H groups in total. The summed E-state index contributed by atoms with van der Waals surface area (Å²) in [6, 6.07) is -0.726. The number of aromatic hydroxyl groups is 2. The van der Waals surface area contributed by atoms with Crippen LogP contribution in [0.15, 0.2) is 0 Å². The van der Waals surface area contributed by atoms with Gasteiger partial charge in [0.25, 0.3) is 11.8 Å². The molecule has 1 rings (SSSR count). The SMILES string of the molecule is O=C[C@H](CS)NSSCCNC(=O)c1sc(C(=O)NCCSSN[C@H](C=O)CS)c(O)c1O. The molecule has 10 nitrogen and oxygen atoms in total. The molecule has 0 aliphatic heterocycles. The van der Waals surface area contributed by atoms with Gasteiger partial charge in [-0.3, -0.25) is 9.59 Å². The van der Waals surface area contributed by atoms with Gasteiger partial charge >= 0.3 is 0 Å². The van der Waals surface area contributed by atoms with Crippen LogP contribution in [0.4, 0.5) is 0 Å². The Kier molecular flexibility index (Phi) is 16.7. The summed E-state index contributed by atoms with van der Waals surface area (Å²) in [5.74, 6) is -0.740. The number of carbonyl (C=O) groups excluding carboxylic acids is 4. The number of hydrogen-bond donors (Lipinski definition) is 8. The minimum Gasteiger partial charge on any atom is -0.503 e. The van der Waals surface area contributed by atoms with Crippen LogP contribution >= 0.6 is 80.1 Å². The van der Waals surface area contributed by atoms with Gasteiger partial charge in [0.15, 0.2) is 11.5 Å². The summed E-state index contributed by atoms with van der Waals surface area (Å²) in [5, 5.41) is 25.3. The van der Waals surface area contributed by atoms with Crippen LogP contribution in [0, 0.1) is 0 Å². The van der Waals surface area contributed by atoms with Crippen molar-refractivity contribution in [2.24, 2.45) is 0 Å². The third-order valence-corrected chi connectivity index (χ3v) is 9.46. The first-order chi connectivity index (χ1) is 15.9. The Balaban J connectivity index is 2.40. The number of thiophene rings is 1. The third kappa shape index (κ3) is 11.3. The molecule has 2 amide bonds. The number of hydrogen-bond acceptors (Lipinski definition) is 15. The van der Waals surface area contributed by atoms with E-state index < -0.39 is 23.3 Å². The molecule has 33 heavy (non-hydrogen) atoms. The van der Waals surface area contributed by atoms with E-state index in [9.17, 15) is 29.4 Å². The Morgan fingerprint density at radius 2 is 1.24 bits per heavy atom. The van der Waals surface area contributed by atoms with E-state index in [0.717, 1.165) is 12.6 Å². The molecule has 0 aliphatic rings. The fourth-order valence-electron chi connectivity index (χ4n) is 1.79. The monoisotopic (exact) mass is 592 g/mol. The molecule has 0 saturated carbocycles. The smallest absolute Gasteiger partial charge is 0.265 e. The highest BCUT2D eigenvalue weighted by molar-refractivity contribution is 8.76. The van der Waals surface area contributed by atoms with Crippen LogP contribution in [0.5, 0.6) is 11.5 Å². The van der Waals surface area contributed by atoms with Gasteiger partial charge in [0.1, 0.15) is 22.3 Å². The summed E-state index contributed by atoms with van der Waals surface area (Å²) in [6.45, 7) is 0.539. The maximum atomic E-state index is 12.3. The fourth-order valence-corrected chi connectivity index (χ4v) is 6.66.